The minimum absolute atomic E-state index is 0.330. The third-order valence-corrected chi connectivity index (χ3v) is 4.54. The van der Waals surface area contributed by atoms with Gasteiger partial charge < -0.3 is 20.1 Å². The number of hydrogen-bond donors (Lipinski definition) is 2. The minimum Gasteiger partial charge on any atom is -0.493 e. The number of alkyl halides is 3. The number of carboxylic acid groups (broad SMARTS) is 1. The SMILES string of the molecule is O=C(NC(C(=O)O)c1ccc2c(c1)CCO2)C1CC(=O)N(CC(F)(F)F)C1. The number of carbonyl (C=O) groups is 3. The van der Waals surface area contributed by atoms with Crippen molar-refractivity contribution in [3.05, 3.63) is 29.3 Å². The maximum Gasteiger partial charge on any atom is 0.406 e. The van der Waals surface area contributed by atoms with Crippen molar-refractivity contribution in [3.8, 4) is 5.75 Å². The van der Waals surface area contributed by atoms with Crippen molar-refractivity contribution in [2.45, 2.75) is 25.1 Å². The summed E-state index contributed by atoms with van der Waals surface area (Å²) in [6.45, 7) is -1.33. The van der Waals surface area contributed by atoms with Crippen molar-refractivity contribution in [3.63, 3.8) is 0 Å². The molecule has 0 radical (unpaired) electrons. The number of carbonyl (C=O) groups excluding carboxylic acids is 2. The summed E-state index contributed by atoms with van der Waals surface area (Å²) in [5, 5.41) is 11.8. The monoisotopic (exact) mass is 386 g/mol. The van der Waals surface area contributed by atoms with Crippen LogP contribution in [0.1, 0.15) is 23.6 Å². The molecule has 1 saturated heterocycles. The van der Waals surface area contributed by atoms with Gasteiger partial charge in [0.05, 0.1) is 12.5 Å². The maximum atomic E-state index is 12.5. The number of carboxylic acids is 1. The van der Waals surface area contributed by atoms with E-state index < -0.39 is 49.0 Å². The van der Waals surface area contributed by atoms with Gasteiger partial charge in [0.1, 0.15) is 12.3 Å². The summed E-state index contributed by atoms with van der Waals surface area (Å²) in [5.74, 6) is -3.23. The summed E-state index contributed by atoms with van der Waals surface area (Å²) in [4.78, 5) is 36.2. The molecule has 2 aliphatic heterocycles. The zero-order chi connectivity index (χ0) is 19.8. The quantitative estimate of drug-likeness (QED) is 0.795. The Kier molecular flexibility index (Phi) is 4.99. The second-order valence-corrected chi connectivity index (χ2v) is 6.54. The summed E-state index contributed by atoms with van der Waals surface area (Å²) < 4.78 is 42.8. The molecule has 0 aromatic heterocycles. The predicted molar refractivity (Wildman–Crippen MR) is 84.9 cm³/mol. The van der Waals surface area contributed by atoms with Crippen molar-refractivity contribution < 1.29 is 37.4 Å². The summed E-state index contributed by atoms with van der Waals surface area (Å²) >= 11 is 0. The number of rotatable bonds is 5. The first kappa shape index (κ1) is 19.0. The Morgan fingerprint density at radius 2 is 2.11 bits per heavy atom. The van der Waals surface area contributed by atoms with Crippen molar-refractivity contribution in [2.24, 2.45) is 5.92 Å². The molecule has 0 spiro atoms. The Hall–Kier alpha value is -2.78. The topological polar surface area (TPSA) is 95.9 Å². The Bertz CT molecular complexity index is 780. The van der Waals surface area contributed by atoms with E-state index >= 15 is 0 Å². The first-order valence-electron chi connectivity index (χ1n) is 8.27. The molecule has 1 fully saturated rings. The highest BCUT2D eigenvalue weighted by Gasteiger charge is 2.41. The van der Waals surface area contributed by atoms with Crippen LogP contribution in [-0.4, -0.2) is 53.7 Å². The summed E-state index contributed by atoms with van der Waals surface area (Å²) in [5.41, 5.74) is 1.15. The molecule has 2 amide bonds. The van der Waals surface area contributed by atoms with Gasteiger partial charge in [-0.05, 0) is 23.3 Å². The molecule has 0 saturated carbocycles. The first-order valence-corrected chi connectivity index (χ1v) is 8.27. The number of hydrogen-bond acceptors (Lipinski definition) is 4. The van der Waals surface area contributed by atoms with E-state index in [1.54, 1.807) is 12.1 Å². The fourth-order valence-electron chi connectivity index (χ4n) is 3.25. The smallest absolute Gasteiger partial charge is 0.406 e. The molecule has 10 heteroatoms. The second kappa shape index (κ2) is 7.09. The van der Waals surface area contributed by atoms with E-state index in [0.717, 1.165) is 5.56 Å². The second-order valence-electron chi connectivity index (χ2n) is 6.54. The zero-order valence-corrected chi connectivity index (χ0v) is 14.1. The van der Waals surface area contributed by atoms with Gasteiger partial charge in [0.15, 0.2) is 6.04 Å². The molecule has 1 aromatic carbocycles. The van der Waals surface area contributed by atoms with Gasteiger partial charge in [-0.25, -0.2) is 4.79 Å². The lowest BCUT2D eigenvalue weighted by molar-refractivity contribution is -0.157. The van der Waals surface area contributed by atoms with Gasteiger partial charge in [-0.2, -0.15) is 13.2 Å². The highest BCUT2D eigenvalue weighted by molar-refractivity contribution is 5.91. The summed E-state index contributed by atoms with van der Waals surface area (Å²) in [6, 6.07) is 3.38. The molecule has 2 aliphatic rings. The average Bonchev–Trinajstić information content (AvgIpc) is 3.17. The van der Waals surface area contributed by atoms with Crippen molar-refractivity contribution >= 4 is 17.8 Å². The standard InChI is InChI=1S/C17H17F3N2O5/c18-17(19,20)8-22-7-11(6-13(22)23)15(24)21-14(16(25)26)10-1-2-12-9(5-10)3-4-27-12/h1-2,5,11,14H,3-4,6-8H2,(H,21,24)(H,25,26). The molecule has 146 valence electrons. The summed E-state index contributed by atoms with van der Waals surface area (Å²) in [7, 11) is 0. The van der Waals surface area contributed by atoms with Gasteiger partial charge in [0, 0.05) is 19.4 Å². The number of halogens is 3. The van der Waals surface area contributed by atoms with E-state index in [-0.39, 0.29) is 6.42 Å². The minimum atomic E-state index is -4.56. The van der Waals surface area contributed by atoms with Crippen LogP contribution in [0.15, 0.2) is 18.2 Å². The largest absolute Gasteiger partial charge is 0.493 e. The Balaban J connectivity index is 1.69. The van der Waals surface area contributed by atoms with Crippen molar-refractivity contribution in [1.82, 2.24) is 10.2 Å². The van der Waals surface area contributed by atoms with Crippen LogP contribution in [0.4, 0.5) is 13.2 Å². The Labute approximate surface area is 152 Å². The molecule has 2 unspecified atom stereocenters. The van der Waals surface area contributed by atoms with Gasteiger partial charge >= 0.3 is 12.1 Å². The number of nitrogens with one attached hydrogen (secondary N) is 1. The van der Waals surface area contributed by atoms with Gasteiger partial charge in [-0.15, -0.1) is 0 Å². The first-order chi connectivity index (χ1) is 12.6. The number of benzene rings is 1. The number of ether oxygens (including phenoxy) is 1. The number of fused-ring (bicyclic) bond motifs is 1. The lowest BCUT2D eigenvalue weighted by Crippen LogP contribution is -2.40. The van der Waals surface area contributed by atoms with Crippen LogP contribution in [0, 0.1) is 5.92 Å². The molecule has 0 aliphatic carbocycles. The van der Waals surface area contributed by atoms with Crippen molar-refractivity contribution in [1.29, 1.82) is 0 Å². The van der Waals surface area contributed by atoms with E-state index in [0.29, 0.717) is 29.2 Å². The van der Waals surface area contributed by atoms with E-state index in [9.17, 15) is 32.7 Å². The predicted octanol–water partition coefficient (Wildman–Crippen LogP) is 1.27. The number of aliphatic carboxylic acids is 1. The molecule has 0 bridgehead atoms. The van der Waals surface area contributed by atoms with Gasteiger partial charge in [-0.3, -0.25) is 9.59 Å². The Morgan fingerprint density at radius 3 is 2.78 bits per heavy atom. The van der Waals surface area contributed by atoms with E-state index in [1.165, 1.54) is 6.07 Å². The zero-order valence-electron chi connectivity index (χ0n) is 14.1. The number of likely N-dealkylation sites (tertiary alicyclic amines) is 1. The molecular weight excluding hydrogens is 369 g/mol. The lowest BCUT2D eigenvalue weighted by atomic mass is 10.0. The molecule has 3 rings (SSSR count). The Morgan fingerprint density at radius 1 is 1.37 bits per heavy atom. The van der Waals surface area contributed by atoms with Crippen LogP contribution in [-0.2, 0) is 20.8 Å². The molecule has 2 N–H and O–H groups in total. The van der Waals surface area contributed by atoms with Gasteiger partial charge in [-0.1, -0.05) is 6.07 Å². The molecule has 7 nitrogen and oxygen atoms in total. The normalized spacial score (nSPS) is 20.2. The van der Waals surface area contributed by atoms with Crippen LogP contribution in [0.3, 0.4) is 0 Å². The third kappa shape index (κ3) is 4.32. The third-order valence-electron chi connectivity index (χ3n) is 4.54. The highest BCUT2D eigenvalue weighted by atomic mass is 19.4. The molecule has 27 heavy (non-hydrogen) atoms. The average molecular weight is 386 g/mol. The van der Waals surface area contributed by atoms with Crippen LogP contribution in [0.25, 0.3) is 0 Å². The number of amides is 2. The van der Waals surface area contributed by atoms with Crippen molar-refractivity contribution in [2.75, 3.05) is 19.7 Å². The van der Waals surface area contributed by atoms with E-state index in [1.807, 2.05) is 0 Å². The molecular formula is C17H17F3N2O5. The van der Waals surface area contributed by atoms with E-state index in [4.69, 9.17) is 4.74 Å². The molecule has 1 aromatic rings. The number of nitrogens with zero attached hydrogens (tertiary/aromatic N) is 1. The van der Waals surface area contributed by atoms with Crippen LogP contribution in [0.2, 0.25) is 0 Å². The lowest BCUT2D eigenvalue weighted by Gasteiger charge is -2.20. The van der Waals surface area contributed by atoms with Crippen LogP contribution in [0.5, 0.6) is 5.75 Å². The fourth-order valence-corrected chi connectivity index (χ4v) is 3.25. The highest BCUT2D eigenvalue weighted by Crippen LogP contribution is 2.29. The molecule has 2 heterocycles. The van der Waals surface area contributed by atoms with Gasteiger partial charge in [0.25, 0.3) is 0 Å². The van der Waals surface area contributed by atoms with Crippen LogP contribution < -0.4 is 10.1 Å². The maximum absolute atomic E-state index is 12.5. The van der Waals surface area contributed by atoms with Crippen LogP contribution >= 0.6 is 0 Å². The molecule has 2 atom stereocenters. The fraction of sp³-hybridized carbons (Fsp3) is 0.471. The summed E-state index contributed by atoms with van der Waals surface area (Å²) in [6.07, 6.45) is -4.32. The van der Waals surface area contributed by atoms with Gasteiger partial charge in [0.2, 0.25) is 11.8 Å². The van der Waals surface area contributed by atoms with E-state index in [2.05, 4.69) is 5.32 Å².